The lowest BCUT2D eigenvalue weighted by atomic mass is 10.3. The number of thiophene rings is 1. The van der Waals surface area contributed by atoms with Gasteiger partial charge in [-0.05, 0) is 31.4 Å². The molecule has 0 saturated carbocycles. The number of fused-ring (bicyclic) bond motifs is 1. The Morgan fingerprint density at radius 3 is 2.94 bits per heavy atom. The number of aliphatic hydroxyl groups is 1. The van der Waals surface area contributed by atoms with Gasteiger partial charge in [0, 0.05) is 10.9 Å². The summed E-state index contributed by atoms with van der Waals surface area (Å²) in [4.78, 5) is 12.1. The Morgan fingerprint density at radius 1 is 1.44 bits per heavy atom. The number of rotatable bonds is 5. The standard InChI is InChI=1S/C13H17NO3S/c1-9(2)17-8-10(15)7-14-5-3-12-11(13(14)16)4-6-18-12/h3-6,9-10,15H,7-8H2,1-2H3. The highest BCUT2D eigenvalue weighted by molar-refractivity contribution is 7.17. The summed E-state index contributed by atoms with van der Waals surface area (Å²) in [7, 11) is 0. The molecular weight excluding hydrogens is 250 g/mol. The Kier molecular flexibility index (Phi) is 4.16. The molecule has 0 fully saturated rings. The number of hydrogen-bond donors (Lipinski definition) is 1. The number of pyridine rings is 1. The first-order valence-electron chi connectivity index (χ1n) is 5.94. The van der Waals surface area contributed by atoms with Gasteiger partial charge in [0.15, 0.2) is 0 Å². The van der Waals surface area contributed by atoms with E-state index >= 15 is 0 Å². The minimum absolute atomic E-state index is 0.0580. The molecule has 18 heavy (non-hydrogen) atoms. The first kappa shape index (κ1) is 13.3. The molecule has 0 aromatic carbocycles. The van der Waals surface area contributed by atoms with Crippen molar-refractivity contribution < 1.29 is 9.84 Å². The maximum atomic E-state index is 12.1. The molecule has 0 spiro atoms. The summed E-state index contributed by atoms with van der Waals surface area (Å²) in [6, 6.07) is 3.72. The molecule has 0 radical (unpaired) electrons. The number of ether oxygens (including phenoxy) is 1. The van der Waals surface area contributed by atoms with E-state index < -0.39 is 6.10 Å². The molecule has 0 saturated heterocycles. The summed E-state index contributed by atoms with van der Waals surface area (Å²) in [5.74, 6) is 0. The highest BCUT2D eigenvalue weighted by Gasteiger charge is 2.09. The molecule has 98 valence electrons. The fourth-order valence-corrected chi connectivity index (χ4v) is 2.51. The van der Waals surface area contributed by atoms with Gasteiger partial charge in [-0.25, -0.2) is 0 Å². The highest BCUT2D eigenvalue weighted by Crippen LogP contribution is 2.16. The van der Waals surface area contributed by atoms with Gasteiger partial charge in [-0.3, -0.25) is 4.79 Å². The number of aliphatic hydroxyl groups excluding tert-OH is 1. The zero-order chi connectivity index (χ0) is 13.1. The lowest BCUT2D eigenvalue weighted by molar-refractivity contribution is -0.00101. The molecule has 1 atom stereocenters. The van der Waals surface area contributed by atoms with Crippen LogP contribution in [0.25, 0.3) is 10.1 Å². The van der Waals surface area contributed by atoms with Crippen molar-refractivity contribution in [1.29, 1.82) is 0 Å². The van der Waals surface area contributed by atoms with Crippen LogP contribution >= 0.6 is 11.3 Å². The van der Waals surface area contributed by atoms with E-state index in [0.717, 1.165) is 4.70 Å². The molecular formula is C13H17NO3S. The Morgan fingerprint density at radius 2 is 2.22 bits per heavy atom. The molecule has 2 aromatic rings. The number of aromatic nitrogens is 1. The third kappa shape index (κ3) is 2.98. The fourth-order valence-electron chi connectivity index (χ4n) is 1.73. The van der Waals surface area contributed by atoms with Gasteiger partial charge in [-0.15, -0.1) is 11.3 Å². The van der Waals surface area contributed by atoms with Gasteiger partial charge in [-0.1, -0.05) is 0 Å². The van der Waals surface area contributed by atoms with Crippen LogP contribution in [0.4, 0.5) is 0 Å². The molecule has 0 aliphatic heterocycles. The van der Waals surface area contributed by atoms with Crippen molar-refractivity contribution in [2.24, 2.45) is 0 Å². The Hall–Kier alpha value is -1.17. The normalized spacial score (nSPS) is 13.3. The van der Waals surface area contributed by atoms with Gasteiger partial charge in [0.05, 0.1) is 30.7 Å². The molecule has 2 aromatic heterocycles. The molecule has 2 heterocycles. The first-order valence-corrected chi connectivity index (χ1v) is 6.82. The summed E-state index contributed by atoms with van der Waals surface area (Å²) in [5, 5.41) is 12.4. The lowest BCUT2D eigenvalue weighted by Crippen LogP contribution is -2.29. The monoisotopic (exact) mass is 267 g/mol. The van der Waals surface area contributed by atoms with E-state index in [-0.39, 0.29) is 24.8 Å². The zero-order valence-electron chi connectivity index (χ0n) is 10.5. The van der Waals surface area contributed by atoms with Crippen molar-refractivity contribution in [2.75, 3.05) is 6.61 Å². The van der Waals surface area contributed by atoms with Crippen LogP contribution < -0.4 is 5.56 Å². The zero-order valence-corrected chi connectivity index (χ0v) is 11.3. The second-order valence-electron chi connectivity index (χ2n) is 4.51. The van der Waals surface area contributed by atoms with Crippen LogP contribution in [0.3, 0.4) is 0 Å². The molecule has 5 heteroatoms. The predicted molar refractivity (Wildman–Crippen MR) is 73.2 cm³/mol. The third-order valence-electron chi connectivity index (χ3n) is 2.62. The second kappa shape index (κ2) is 5.65. The van der Waals surface area contributed by atoms with E-state index in [4.69, 9.17) is 4.74 Å². The molecule has 4 nitrogen and oxygen atoms in total. The Bertz CT molecular complexity index is 573. The van der Waals surface area contributed by atoms with Gasteiger partial charge < -0.3 is 14.4 Å². The van der Waals surface area contributed by atoms with E-state index in [1.807, 2.05) is 31.4 Å². The second-order valence-corrected chi connectivity index (χ2v) is 5.46. The van der Waals surface area contributed by atoms with E-state index in [0.29, 0.717) is 5.39 Å². The van der Waals surface area contributed by atoms with Gasteiger partial charge >= 0.3 is 0 Å². The van der Waals surface area contributed by atoms with Crippen LogP contribution in [0, 0.1) is 0 Å². The van der Waals surface area contributed by atoms with Crippen molar-refractivity contribution in [2.45, 2.75) is 32.6 Å². The summed E-state index contributed by atoms with van der Waals surface area (Å²) < 4.78 is 7.83. The summed E-state index contributed by atoms with van der Waals surface area (Å²) in [5.41, 5.74) is -0.0580. The van der Waals surface area contributed by atoms with Crippen molar-refractivity contribution in [1.82, 2.24) is 4.57 Å². The first-order chi connectivity index (χ1) is 8.58. The minimum Gasteiger partial charge on any atom is -0.389 e. The number of hydrogen-bond acceptors (Lipinski definition) is 4. The topological polar surface area (TPSA) is 51.5 Å². The summed E-state index contributed by atoms with van der Waals surface area (Å²) in [6.07, 6.45) is 1.14. The largest absolute Gasteiger partial charge is 0.389 e. The van der Waals surface area contributed by atoms with Crippen LogP contribution in [0.2, 0.25) is 0 Å². The fraction of sp³-hybridized carbons (Fsp3) is 0.462. The van der Waals surface area contributed by atoms with Crippen molar-refractivity contribution in [3.8, 4) is 0 Å². The highest BCUT2D eigenvalue weighted by atomic mass is 32.1. The maximum Gasteiger partial charge on any atom is 0.259 e. The lowest BCUT2D eigenvalue weighted by Gasteiger charge is -2.14. The van der Waals surface area contributed by atoms with Crippen LogP contribution in [-0.2, 0) is 11.3 Å². The SMILES string of the molecule is CC(C)OCC(O)Cn1ccc2sccc2c1=O. The quantitative estimate of drug-likeness (QED) is 0.899. The maximum absolute atomic E-state index is 12.1. The van der Waals surface area contributed by atoms with E-state index in [1.54, 1.807) is 17.5 Å². The van der Waals surface area contributed by atoms with Crippen LogP contribution in [-0.4, -0.2) is 28.5 Å². The van der Waals surface area contributed by atoms with Gasteiger partial charge in [0.25, 0.3) is 5.56 Å². The Balaban J connectivity index is 2.11. The molecule has 1 unspecified atom stereocenters. The molecule has 0 aliphatic carbocycles. The number of nitrogens with zero attached hydrogens (tertiary/aromatic N) is 1. The minimum atomic E-state index is -0.666. The molecule has 0 aliphatic rings. The molecule has 0 amide bonds. The third-order valence-corrected chi connectivity index (χ3v) is 3.50. The average Bonchev–Trinajstić information content (AvgIpc) is 2.79. The predicted octanol–water partition coefficient (Wildman–Crippen LogP) is 1.85. The van der Waals surface area contributed by atoms with Crippen molar-refractivity contribution in [3.63, 3.8) is 0 Å². The van der Waals surface area contributed by atoms with Gasteiger partial charge in [-0.2, -0.15) is 0 Å². The molecule has 0 bridgehead atoms. The molecule has 2 rings (SSSR count). The van der Waals surface area contributed by atoms with Crippen LogP contribution in [0.5, 0.6) is 0 Å². The Labute approximate surface area is 109 Å². The van der Waals surface area contributed by atoms with Gasteiger partial charge in [0.1, 0.15) is 0 Å². The smallest absolute Gasteiger partial charge is 0.259 e. The molecule has 1 N–H and O–H groups in total. The van der Waals surface area contributed by atoms with Crippen molar-refractivity contribution >= 4 is 21.4 Å². The van der Waals surface area contributed by atoms with Gasteiger partial charge in [0.2, 0.25) is 0 Å². The van der Waals surface area contributed by atoms with Crippen LogP contribution in [0.15, 0.2) is 28.5 Å². The average molecular weight is 267 g/mol. The summed E-state index contributed by atoms with van der Waals surface area (Å²) in [6.45, 7) is 4.33. The summed E-state index contributed by atoms with van der Waals surface area (Å²) >= 11 is 1.54. The van der Waals surface area contributed by atoms with E-state index in [9.17, 15) is 9.90 Å². The van der Waals surface area contributed by atoms with E-state index in [1.165, 1.54) is 4.57 Å². The van der Waals surface area contributed by atoms with Crippen LogP contribution in [0.1, 0.15) is 13.8 Å². The van der Waals surface area contributed by atoms with E-state index in [2.05, 4.69) is 0 Å². The van der Waals surface area contributed by atoms with Crippen molar-refractivity contribution in [3.05, 3.63) is 34.1 Å².